The number of halogens is 2. The summed E-state index contributed by atoms with van der Waals surface area (Å²) in [5.74, 6) is -3.48. The van der Waals surface area contributed by atoms with Crippen molar-refractivity contribution in [3.8, 4) is 11.1 Å². The number of carbonyl (C=O) groups is 1. The number of hydrogen-bond donors (Lipinski definition) is 2. The number of hydrogen-bond acceptors (Lipinski definition) is 7. The van der Waals surface area contributed by atoms with Crippen LogP contribution < -0.4 is 4.72 Å². The highest BCUT2D eigenvalue weighted by Crippen LogP contribution is 2.30. The lowest BCUT2D eigenvalue weighted by Crippen LogP contribution is -2.19. The van der Waals surface area contributed by atoms with Crippen molar-refractivity contribution in [2.45, 2.75) is 37.6 Å². The van der Waals surface area contributed by atoms with E-state index in [2.05, 4.69) is 19.9 Å². The van der Waals surface area contributed by atoms with E-state index in [1.807, 2.05) is 18.6 Å². The fourth-order valence-electron chi connectivity index (χ4n) is 3.53. The largest absolute Gasteiger partial charge is 0.345 e. The van der Waals surface area contributed by atoms with Crippen molar-refractivity contribution < 1.29 is 22.0 Å². The molecule has 0 aliphatic carbocycles. The lowest BCUT2D eigenvalue weighted by atomic mass is 10.0. The van der Waals surface area contributed by atoms with Crippen molar-refractivity contribution in [1.29, 1.82) is 0 Å². The van der Waals surface area contributed by atoms with Crippen LogP contribution in [0, 0.1) is 11.6 Å². The number of sulfonamides is 1. The molecule has 0 radical (unpaired) electrons. The number of fused-ring (bicyclic) bond motifs is 1. The molecule has 4 aromatic rings. The second kappa shape index (κ2) is 10.3. The van der Waals surface area contributed by atoms with Crippen LogP contribution in [0.1, 0.15) is 43.1 Å². The highest BCUT2D eigenvalue weighted by atomic mass is 32.2. The highest BCUT2D eigenvalue weighted by molar-refractivity contribution is 7.99. The van der Waals surface area contributed by atoms with Gasteiger partial charge in [0.15, 0.2) is 16.8 Å². The zero-order valence-electron chi connectivity index (χ0n) is 19.7. The van der Waals surface area contributed by atoms with Crippen LogP contribution in [0.15, 0.2) is 48.1 Å². The van der Waals surface area contributed by atoms with E-state index in [1.54, 1.807) is 31.6 Å². The molecule has 0 saturated carbocycles. The van der Waals surface area contributed by atoms with Crippen molar-refractivity contribution in [3.63, 3.8) is 0 Å². The lowest BCUT2D eigenvalue weighted by molar-refractivity contribution is 0.103. The van der Waals surface area contributed by atoms with E-state index >= 15 is 4.39 Å². The predicted molar refractivity (Wildman–Crippen MR) is 136 cm³/mol. The molecule has 36 heavy (non-hydrogen) atoms. The van der Waals surface area contributed by atoms with Crippen LogP contribution in [0.4, 0.5) is 14.5 Å². The normalized spacial score (nSPS) is 11.8. The van der Waals surface area contributed by atoms with Gasteiger partial charge in [0.2, 0.25) is 10.0 Å². The summed E-state index contributed by atoms with van der Waals surface area (Å²) in [6.45, 7) is 5.70. The zero-order valence-corrected chi connectivity index (χ0v) is 21.3. The van der Waals surface area contributed by atoms with E-state index in [9.17, 15) is 17.6 Å². The van der Waals surface area contributed by atoms with Crippen molar-refractivity contribution in [2.75, 3.05) is 10.5 Å². The summed E-state index contributed by atoms with van der Waals surface area (Å²) in [6.07, 6.45) is 6.55. The fourth-order valence-corrected chi connectivity index (χ4v) is 5.31. The van der Waals surface area contributed by atoms with Crippen LogP contribution >= 0.6 is 11.8 Å². The molecule has 8 nitrogen and oxygen atoms in total. The number of anilines is 1. The summed E-state index contributed by atoms with van der Waals surface area (Å²) in [5.41, 5.74) is 0.448. The molecule has 0 spiro atoms. The molecule has 0 atom stereocenters. The monoisotopic (exact) mass is 531 g/mol. The van der Waals surface area contributed by atoms with Crippen LogP contribution in [0.3, 0.4) is 0 Å². The molecule has 0 unspecified atom stereocenters. The first-order chi connectivity index (χ1) is 17.1. The second-order valence-corrected chi connectivity index (χ2v) is 11.7. The second-order valence-electron chi connectivity index (χ2n) is 8.28. The number of thioether (sulfide) groups is 1. The van der Waals surface area contributed by atoms with Crippen LogP contribution in [0.25, 0.3) is 22.2 Å². The van der Waals surface area contributed by atoms with Crippen molar-refractivity contribution in [1.82, 2.24) is 19.9 Å². The topological polar surface area (TPSA) is 118 Å². The van der Waals surface area contributed by atoms with Crippen LogP contribution in [-0.2, 0) is 10.0 Å². The van der Waals surface area contributed by atoms with Gasteiger partial charge >= 0.3 is 0 Å². The Morgan fingerprint density at radius 3 is 2.44 bits per heavy atom. The number of aromatic nitrogens is 4. The predicted octanol–water partition coefficient (Wildman–Crippen LogP) is 5.18. The molecule has 0 aliphatic heterocycles. The lowest BCUT2D eigenvalue weighted by Gasteiger charge is -2.11. The van der Waals surface area contributed by atoms with Gasteiger partial charge in [0, 0.05) is 52.1 Å². The van der Waals surface area contributed by atoms with Gasteiger partial charge in [-0.1, -0.05) is 32.5 Å². The number of H-pyrrole nitrogens is 1. The quantitative estimate of drug-likeness (QED) is 0.174. The Morgan fingerprint density at radius 1 is 1.08 bits per heavy atom. The maximum Gasteiger partial charge on any atom is 0.232 e. The van der Waals surface area contributed by atoms with E-state index in [4.69, 9.17) is 0 Å². The standard InChI is InChI=1S/C24H23F2N5O3S2/c1-4-7-36(33,34)31-21-19(25)6-5-16(20(21)26)22(32)18-12-28-23-17(18)8-14(9-27-23)15-10-29-24(30-11-15)35-13(2)3/h5-6,8-13,31H,4,7H2,1-3H3,(H,27,28). The molecular formula is C24H23F2N5O3S2. The number of nitrogens with zero attached hydrogens (tertiary/aromatic N) is 3. The molecular weight excluding hydrogens is 508 g/mol. The smallest absolute Gasteiger partial charge is 0.232 e. The Labute approximate surface area is 211 Å². The van der Waals surface area contributed by atoms with E-state index in [-0.39, 0.29) is 17.7 Å². The Bertz CT molecular complexity index is 1540. The molecule has 12 heteroatoms. The van der Waals surface area contributed by atoms with Crippen LogP contribution in [0.5, 0.6) is 0 Å². The third-order valence-electron chi connectivity index (χ3n) is 5.14. The Morgan fingerprint density at radius 2 is 1.78 bits per heavy atom. The fraction of sp³-hybridized carbons (Fsp3) is 0.250. The number of benzene rings is 1. The minimum absolute atomic E-state index is 0.0973. The van der Waals surface area contributed by atoms with Gasteiger partial charge in [-0.3, -0.25) is 9.52 Å². The van der Waals surface area contributed by atoms with E-state index in [0.717, 1.165) is 12.1 Å². The summed E-state index contributed by atoms with van der Waals surface area (Å²) >= 11 is 1.53. The van der Waals surface area contributed by atoms with Gasteiger partial charge < -0.3 is 4.98 Å². The summed E-state index contributed by atoms with van der Waals surface area (Å²) in [5, 5.41) is 1.38. The van der Waals surface area contributed by atoms with Gasteiger partial charge in [-0.15, -0.1) is 0 Å². The number of aromatic amines is 1. The molecule has 188 valence electrons. The Hall–Kier alpha value is -3.38. The molecule has 1 aromatic carbocycles. The van der Waals surface area contributed by atoms with Gasteiger partial charge in [0.25, 0.3) is 0 Å². The summed E-state index contributed by atoms with van der Waals surface area (Å²) in [7, 11) is -3.98. The maximum atomic E-state index is 15.2. The molecule has 0 bridgehead atoms. The van der Waals surface area contributed by atoms with E-state index in [0.29, 0.717) is 32.6 Å². The Balaban J connectivity index is 1.71. The number of pyridine rings is 1. The van der Waals surface area contributed by atoms with Crippen LogP contribution in [-0.4, -0.2) is 45.1 Å². The number of nitrogens with one attached hydrogen (secondary N) is 2. The third kappa shape index (κ3) is 5.39. The minimum atomic E-state index is -3.98. The van der Waals surface area contributed by atoms with Crippen LogP contribution in [0.2, 0.25) is 0 Å². The molecule has 2 N–H and O–H groups in total. The van der Waals surface area contributed by atoms with Gasteiger partial charge in [-0.05, 0) is 24.6 Å². The molecule has 4 rings (SSSR count). The third-order valence-corrected chi connectivity index (χ3v) is 7.50. The van der Waals surface area contributed by atoms with Crippen molar-refractivity contribution in [3.05, 3.63) is 65.7 Å². The minimum Gasteiger partial charge on any atom is -0.345 e. The molecule has 3 heterocycles. The first-order valence-corrected chi connectivity index (χ1v) is 13.6. The Kier molecular flexibility index (Phi) is 7.36. The van der Waals surface area contributed by atoms with Gasteiger partial charge in [0.05, 0.1) is 11.3 Å². The summed E-state index contributed by atoms with van der Waals surface area (Å²) in [4.78, 5) is 29.2. The van der Waals surface area contributed by atoms with Gasteiger partial charge in [-0.2, -0.15) is 0 Å². The number of carbonyl (C=O) groups excluding carboxylic acids is 1. The SMILES string of the molecule is CCCS(=O)(=O)Nc1c(F)ccc(C(=O)c2c[nH]c3ncc(-c4cnc(SC(C)C)nc4)cc23)c1F. The van der Waals surface area contributed by atoms with Crippen molar-refractivity contribution >= 4 is 44.3 Å². The van der Waals surface area contributed by atoms with Gasteiger partial charge in [-0.25, -0.2) is 32.2 Å². The van der Waals surface area contributed by atoms with Gasteiger partial charge in [0.1, 0.15) is 17.2 Å². The maximum absolute atomic E-state index is 15.2. The highest BCUT2D eigenvalue weighted by Gasteiger charge is 2.25. The summed E-state index contributed by atoms with van der Waals surface area (Å²) in [6, 6.07) is 3.54. The number of ketones is 1. The molecule has 0 fully saturated rings. The first-order valence-electron chi connectivity index (χ1n) is 11.1. The first kappa shape index (κ1) is 25.7. The molecule has 0 saturated heterocycles. The van der Waals surface area contributed by atoms with E-state index < -0.39 is 38.7 Å². The zero-order chi connectivity index (χ0) is 26.0. The number of rotatable bonds is 9. The van der Waals surface area contributed by atoms with E-state index in [1.165, 1.54) is 18.0 Å². The molecule has 0 amide bonds. The molecule has 0 aliphatic rings. The average molecular weight is 532 g/mol. The summed E-state index contributed by atoms with van der Waals surface area (Å²) < 4.78 is 55.6. The average Bonchev–Trinajstić information content (AvgIpc) is 3.25. The van der Waals surface area contributed by atoms with Crippen molar-refractivity contribution in [2.24, 2.45) is 0 Å². The molecule has 3 aromatic heterocycles.